The number of hydrogen-bond acceptors (Lipinski definition) is 5. The first-order chi connectivity index (χ1) is 18.6. The Hall–Kier alpha value is -3.76. The number of benzene rings is 3. The van der Waals surface area contributed by atoms with Gasteiger partial charge < -0.3 is 14.9 Å². The molecule has 0 fully saturated rings. The molecule has 3 aromatic carbocycles. The van der Waals surface area contributed by atoms with E-state index in [-0.39, 0.29) is 23.4 Å². The fraction of sp³-hybridized carbons (Fsp3) is 0.310. The maximum absolute atomic E-state index is 13.5. The molecule has 0 aromatic heterocycles. The summed E-state index contributed by atoms with van der Waals surface area (Å²) in [5, 5.41) is 9.78. The molecule has 208 valence electrons. The third kappa shape index (κ3) is 7.42. The van der Waals surface area contributed by atoms with Crippen molar-refractivity contribution in [2.75, 3.05) is 37.5 Å². The lowest BCUT2D eigenvalue weighted by atomic mass is 10.0. The number of sulfonamides is 1. The summed E-state index contributed by atoms with van der Waals surface area (Å²) in [6.07, 6.45) is 0.144. The minimum Gasteiger partial charge on any atom is -0.480 e. The molecule has 0 unspecified atom stereocenters. The van der Waals surface area contributed by atoms with Gasteiger partial charge in [0.2, 0.25) is 0 Å². The molecule has 0 saturated heterocycles. The zero-order chi connectivity index (χ0) is 28.6. The van der Waals surface area contributed by atoms with Gasteiger partial charge in [0, 0.05) is 32.1 Å². The van der Waals surface area contributed by atoms with Gasteiger partial charge in [-0.1, -0.05) is 44.2 Å². The number of carbonyl (C=O) groups excluding carboxylic acids is 1. The van der Waals surface area contributed by atoms with Crippen molar-refractivity contribution in [2.24, 2.45) is 0 Å². The van der Waals surface area contributed by atoms with Gasteiger partial charge in [0.25, 0.3) is 15.9 Å². The summed E-state index contributed by atoms with van der Waals surface area (Å²) >= 11 is 0. The predicted octanol–water partition coefficient (Wildman–Crippen LogP) is 4.13. The van der Waals surface area contributed by atoms with Gasteiger partial charge in [-0.25, -0.2) is 17.6 Å². The van der Waals surface area contributed by atoms with E-state index in [1.54, 1.807) is 24.3 Å². The Morgan fingerprint density at radius 3 is 2.00 bits per heavy atom. The van der Waals surface area contributed by atoms with Crippen LogP contribution in [0.2, 0.25) is 0 Å². The van der Waals surface area contributed by atoms with E-state index in [1.165, 1.54) is 52.7 Å². The lowest BCUT2D eigenvalue weighted by Gasteiger charge is -2.28. The Morgan fingerprint density at radius 1 is 0.872 bits per heavy atom. The van der Waals surface area contributed by atoms with Gasteiger partial charge in [0.15, 0.2) is 0 Å². The van der Waals surface area contributed by atoms with Gasteiger partial charge >= 0.3 is 5.97 Å². The van der Waals surface area contributed by atoms with E-state index in [0.717, 1.165) is 30.8 Å². The summed E-state index contributed by atoms with van der Waals surface area (Å²) in [6.45, 7) is 6.08. The van der Waals surface area contributed by atoms with Crippen molar-refractivity contribution in [1.82, 2.24) is 9.80 Å². The standard InChI is InChI=1S/C29H34FN3O5S/c1-4-32(5-2)19-20-33(39(37,38)26-17-13-24(30)14-18-26)25-15-11-23(12-16-25)28(34)31(3)27(29(35)36)21-22-9-7-6-8-10-22/h6-18,27H,4-5,19-21H2,1-3H3,(H,35,36)/t27-/m0/s1. The van der Waals surface area contributed by atoms with Crippen LogP contribution in [0.5, 0.6) is 0 Å². The molecule has 0 saturated carbocycles. The number of nitrogens with zero attached hydrogens (tertiary/aromatic N) is 3. The molecule has 3 aromatic rings. The van der Waals surface area contributed by atoms with Gasteiger partial charge in [0.05, 0.1) is 10.6 Å². The lowest BCUT2D eigenvalue weighted by molar-refractivity contribution is -0.141. The topological polar surface area (TPSA) is 98.2 Å². The van der Waals surface area contributed by atoms with E-state index in [9.17, 15) is 27.5 Å². The SMILES string of the molecule is CCN(CC)CCN(c1ccc(C(=O)N(C)[C@@H](Cc2ccccc2)C(=O)O)cc1)S(=O)(=O)c1ccc(F)cc1. The van der Waals surface area contributed by atoms with Crippen LogP contribution in [0.4, 0.5) is 10.1 Å². The highest BCUT2D eigenvalue weighted by Gasteiger charge is 2.29. The van der Waals surface area contributed by atoms with Crippen LogP contribution < -0.4 is 4.31 Å². The van der Waals surface area contributed by atoms with Crippen LogP contribution in [0.1, 0.15) is 29.8 Å². The average Bonchev–Trinajstić information content (AvgIpc) is 2.94. The summed E-state index contributed by atoms with van der Waals surface area (Å²) in [6, 6.07) is 18.6. The molecule has 39 heavy (non-hydrogen) atoms. The molecule has 3 rings (SSSR count). The number of halogens is 1. The first kappa shape index (κ1) is 29.8. The first-order valence-electron chi connectivity index (χ1n) is 12.7. The fourth-order valence-electron chi connectivity index (χ4n) is 4.24. The Labute approximate surface area is 229 Å². The number of amides is 1. The Kier molecular flexibility index (Phi) is 10.2. The number of carboxylic acid groups (broad SMARTS) is 1. The van der Waals surface area contributed by atoms with Crippen molar-refractivity contribution < 1.29 is 27.5 Å². The van der Waals surface area contributed by atoms with Crippen LogP contribution in [-0.2, 0) is 21.2 Å². The monoisotopic (exact) mass is 555 g/mol. The molecular weight excluding hydrogens is 521 g/mol. The third-order valence-corrected chi connectivity index (χ3v) is 8.50. The molecule has 10 heteroatoms. The molecular formula is C29H34FN3O5S. The molecule has 0 radical (unpaired) electrons. The number of carboxylic acids is 1. The molecule has 1 atom stereocenters. The first-order valence-corrected chi connectivity index (χ1v) is 14.2. The second-order valence-corrected chi connectivity index (χ2v) is 10.9. The Balaban J connectivity index is 1.88. The molecule has 0 heterocycles. The Bertz CT molecular complexity index is 1350. The molecule has 0 aliphatic carbocycles. The van der Waals surface area contributed by atoms with Gasteiger partial charge in [-0.15, -0.1) is 0 Å². The number of hydrogen-bond donors (Lipinski definition) is 1. The maximum Gasteiger partial charge on any atom is 0.326 e. The molecule has 0 spiro atoms. The van der Waals surface area contributed by atoms with Crippen LogP contribution in [0.25, 0.3) is 0 Å². The minimum absolute atomic E-state index is 0.0476. The largest absolute Gasteiger partial charge is 0.480 e. The predicted molar refractivity (Wildman–Crippen MR) is 149 cm³/mol. The summed E-state index contributed by atoms with van der Waals surface area (Å²) in [7, 11) is -2.59. The highest BCUT2D eigenvalue weighted by Crippen LogP contribution is 2.25. The highest BCUT2D eigenvalue weighted by molar-refractivity contribution is 7.92. The second kappa shape index (κ2) is 13.3. The van der Waals surface area contributed by atoms with E-state index in [4.69, 9.17) is 0 Å². The van der Waals surface area contributed by atoms with Gasteiger partial charge in [0.1, 0.15) is 11.9 Å². The smallest absolute Gasteiger partial charge is 0.326 e. The Morgan fingerprint density at radius 2 is 1.46 bits per heavy atom. The van der Waals surface area contributed by atoms with Crippen molar-refractivity contribution >= 4 is 27.6 Å². The minimum atomic E-state index is -4.02. The van der Waals surface area contributed by atoms with Crippen LogP contribution in [0, 0.1) is 5.82 Å². The molecule has 0 aliphatic rings. The summed E-state index contributed by atoms with van der Waals surface area (Å²) in [4.78, 5) is 28.4. The summed E-state index contributed by atoms with van der Waals surface area (Å²) in [5.74, 6) is -2.16. The lowest BCUT2D eigenvalue weighted by Crippen LogP contribution is -2.43. The fourth-order valence-corrected chi connectivity index (χ4v) is 5.69. The van der Waals surface area contributed by atoms with Crippen LogP contribution >= 0.6 is 0 Å². The number of rotatable bonds is 13. The van der Waals surface area contributed by atoms with E-state index in [2.05, 4.69) is 4.90 Å². The van der Waals surface area contributed by atoms with E-state index >= 15 is 0 Å². The van der Waals surface area contributed by atoms with E-state index in [0.29, 0.717) is 12.2 Å². The average molecular weight is 556 g/mol. The van der Waals surface area contributed by atoms with Crippen LogP contribution in [0.3, 0.4) is 0 Å². The maximum atomic E-state index is 13.5. The number of aliphatic carboxylic acids is 1. The number of carbonyl (C=O) groups is 2. The zero-order valence-electron chi connectivity index (χ0n) is 22.3. The van der Waals surface area contributed by atoms with E-state index in [1.807, 2.05) is 19.9 Å². The van der Waals surface area contributed by atoms with Crippen LogP contribution in [0.15, 0.2) is 83.8 Å². The quantitative estimate of drug-likeness (QED) is 0.341. The molecule has 0 bridgehead atoms. The van der Waals surface area contributed by atoms with Crippen molar-refractivity contribution in [3.05, 3.63) is 95.8 Å². The van der Waals surface area contributed by atoms with Gasteiger partial charge in [-0.3, -0.25) is 9.10 Å². The van der Waals surface area contributed by atoms with Gasteiger partial charge in [-0.05, 0) is 67.2 Å². The molecule has 1 amide bonds. The third-order valence-electron chi connectivity index (χ3n) is 6.66. The summed E-state index contributed by atoms with van der Waals surface area (Å²) < 4.78 is 41.8. The second-order valence-electron chi connectivity index (χ2n) is 9.06. The molecule has 0 aliphatic heterocycles. The number of anilines is 1. The van der Waals surface area contributed by atoms with Crippen molar-refractivity contribution in [1.29, 1.82) is 0 Å². The highest BCUT2D eigenvalue weighted by atomic mass is 32.2. The van der Waals surface area contributed by atoms with E-state index < -0.39 is 33.8 Å². The normalized spacial score (nSPS) is 12.2. The number of likely N-dealkylation sites (N-methyl/N-ethyl adjacent to an activating group) is 2. The van der Waals surface area contributed by atoms with Crippen molar-refractivity contribution in [3.63, 3.8) is 0 Å². The van der Waals surface area contributed by atoms with Crippen molar-refractivity contribution in [3.8, 4) is 0 Å². The van der Waals surface area contributed by atoms with Crippen LogP contribution in [-0.4, -0.2) is 74.5 Å². The summed E-state index contributed by atoms with van der Waals surface area (Å²) in [5.41, 5.74) is 1.35. The zero-order valence-corrected chi connectivity index (χ0v) is 23.1. The molecule has 1 N–H and O–H groups in total. The van der Waals surface area contributed by atoms with Crippen molar-refractivity contribution in [2.45, 2.75) is 31.2 Å². The van der Waals surface area contributed by atoms with Gasteiger partial charge in [-0.2, -0.15) is 0 Å². The molecule has 8 nitrogen and oxygen atoms in total.